The Morgan fingerprint density at radius 3 is 2.33 bits per heavy atom. The third-order valence-electron chi connectivity index (χ3n) is 3.47. The summed E-state index contributed by atoms with van der Waals surface area (Å²) in [5, 5.41) is 13.1. The standard InChI is InChI=1S/C15H26N2O/c1-10(2)13(11(3)4)8-16-9-14-15(18)7-6-12(5)17-14/h6-7,10-11,13,16,18H,8-9H2,1-5H3. The van der Waals surface area contributed by atoms with Crippen molar-refractivity contribution >= 4 is 0 Å². The maximum atomic E-state index is 9.72. The molecule has 0 spiro atoms. The summed E-state index contributed by atoms with van der Waals surface area (Å²) in [4.78, 5) is 4.35. The van der Waals surface area contributed by atoms with Crippen LogP contribution in [0.15, 0.2) is 12.1 Å². The fourth-order valence-corrected chi connectivity index (χ4v) is 2.33. The Hall–Kier alpha value is -1.09. The fraction of sp³-hybridized carbons (Fsp3) is 0.667. The predicted molar refractivity (Wildman–Crippen MR) is 75.5 cm³/mol. The zero-order valence-electron chi connectivity index (χ0n) is 12.2. The van der Waals surface area contributed by atoms with Crippen LogP contribution in [0.1, 0.15) is 39.1 Å². The molecule has 0 aromatic carbocycles. The van der Waals surface area contributed by atoms with Gasteiger partial charge in [0, 0.05) is 12.2 Å². The molecule has 1 rings (SSSR count). The first kappa shape index (κ1) is 15.0. The number of rotatable bonds is 6. The predicted octanol–water partition coefficient (Wildman–Crippen LogP) is 3.11. The van der Waals surface area contributed by atoms with E-state index >= 15 is 0 Å². The smallest absolute Gasteiger partial charge is 0.138 e. The van der Waals surface area contributed by atoms with Gasteiger partial charge in [-0.1, -0.05) is 27.7 Å². The van der Waals surface area contributed by atoms with Gasteiger partial charge in [0.15, 0.2) is 0 Å². The molecule has 0 aliphatic rings. The second-order valence-corrected chi connectivity index (χ2v) is 5.70. The summed E-state index contributed by atoms with van der Waals surface area (Å²) >= 11 is 0. The fourth-order valence-electron chi connectivity index (χ4n) is 2.33. The highest BCUT2D eigenvalue weighted by Gasteiger charge is 2.17. The van der Waals surface area contributed by atoms with E-state index in [2.05, 4.69) is 38.0 Å². The Kier molecular flexibility index (Phi) is 5.60. The Bertz CT molecular complexity index is 367. The molecule has 1 aromatic heterocycles. The molecule has 0 bridgehead atoms. The summed E-state index contributed by atoms with van der Waals surface area (Å²) < 4.78 is 0. The van der Waals surface area contributed by atoms with Gasteiger partial charge in [-0.3, -0.25) is 4.98 Å². The number of aryl methyl sites for hydroxylation is 1. The molecule has 0 fully saturated rings. The SMILES string of the molecule is Cc1ccc(O)c(CNCC(C(C)C)C(C)C)n1. The third-order valence-corrected chi connectivity index (χ3v) is 3.47. The molecular formula is C15H26N2O. The van der Waals surface area contributed by atoms with Gasteiger partial charge < -0.3 is 10.4 Å². The molecule has 3 heteroatoms. The molecule has 102 valence electrons. The number of hydrogen-bond donors (Lipinski definition) is 2. The van der Waals surface area contributed by atoms with E-state index in [4.69, 9.17) is 0 Å². The molecule has 0 unspecified atom stereocenters. The zero-order chi connectivity index (χ0) is 13.7. The quantitative estimate of drug-likeness (QED) is 0.815. The highest BCUT2D eigenvalue weighted by molar-refractivity contribution is 5.27. The summed E-state index contributed by atoms with van der Waals surface area (Å²) in [5.74, 6) is 2.25. The lowest BCUT2D eigenvalue weighted by atomic mass is 9.85. The lowest BCUT2D eigenvalue weighted by molar-refractivity contribution is 0.274. The topological polar surface area (TPSA) is 45.1 Å². The van der Waals surface area contributed by atoms with Gasteiger partial charge in [-0.05, 0) is 43.4 Å². The van der Waals surface area contributed by atoms with Crippen molar-refractivity contribution in [3.63, 3.8) is 0 Å². The molecule has 1 aromatic rings. The first-order chi connectivity index (χ1) is 8.41. The second-order valence-electron chi connectivity index (χ2n) is 5.70. The largest absolute Gasteiger partial charge is 0.506 e. The Morgan fingerprint density at radius 2 is 1.78 bits per heavy atom. The number of aromatic nitrogens is 1. The molecule has 18 heavy (non-hydrogen) atoms. The van der Waals surface area contributed by atoms with Crippen molar-refractivity contribution in [1.82, 2.24) is 10.3 Å². The van der Waals surface area contributed by atoms with E-state index < -0.39 is 0 Å². The second kappa shape index (κ2) is 6.74. The Labute approximate surface area is 111 Å². The normalized spacial score (nSPS) is 11.8. The summed E-state index contributed by atoms with van der Waals surface area (Å²) in [7, 11) is 0. The first-order valence-corrected chi connectivity index (χ1v) is 6.78. The van der Waals surface area contributed by atoms with Crippen LogP contribution < -0.4 is 5.32 Å². The first-order valence-electron chi connectivity index (χ1n) is 6.78. The Balaban J connectivity index is 2.52. The van der Waals surface area contributed by atoms with Crippen LogP contribution in [0.5, 0.6) is 5.75 Å². The van der Waals surface area contributed by atoms with Crippen LogP contribution in [0, 0.1) is 24.7 Å². The van der Waals surface area contributed by atoms with Crippen molar-refractivity contribution in [3.8, 4) is 5.75 Å². The number of hydrogen-bond acceptors (Lipinski definition) is 3. The van der Waals surface area contributed by atoms with E-state index in [0.29, 0.717) is 24.3 Å². The summed E-state index contributed by atoms with van der Waals surface area (Å²) in [6.07, 6.45) is 0. The summed E-state index contributed by atoms with van der Waals surface area (Å²) in [6.45, 7) is 12.6. The minimum Gasteiger partial charge on any atom is -0.506 e. The molecule has 2 N–H and O–H groups in total. The van der Waals surface area contributed by atoms with E-state index in [9.17, 15) is 5.11 Å². The molecule has 0 aliphatic carbocycles. The van der Waals surface area contributed by atoms with Crippen molar-refractivity contribution in [3.05, 3.63) is 23.5 Å². The Morgan fingerprint density at radius 1 is 1.17 bits per heavy atom. The molecule has 0 radical (unpaired) electrons. The van der Waals surface area contributed by atoms with E-state index in [0.717, 1.165) is 17.9 Å². The molecule has 0 amide bonds. The molecule has 0 saturated heterocycles. The van der Waals surface area contributed by atoms with E-state index in [1.807, 2.05) is 13.0 Å². The molecule has 1 heterocycles. The van der Waals surface area contributed by atoms with Crippen LogP contribution in [0.4, 0.5) is 0 Å². The average molecular weight is 250 g/mol. The van der Waals surface area contributed by atoms with Crippen molar-refractivity contribution in [2.75, 3.05) is 6.54 Å². The minimum atomic E-state index is 0.277. The van der Waals surface area contributed by atoms with Gasteiger partial charge in [-0.25, -0.2) is 0 Å². The molecule has 0 aliphatic heterocycles. The summed E-state index contributed by atoms with van der Waals surface area (Å²) in [6, 6.07) is 3.53. The van der Waals surface area contributed by atoms with Gasteiger partial charge in [-0.15, -0.1) is 0 Å². The number of nitrogens with one attached hydrogen (secondary N) is 1. The monoisotopic (exact) mass is 250 g/mol. The lowest BCUT2D eigenvalue weighted by Gasteiger charge is -2.25. The van der Waals surface area contributed by atoms with Gasteiger partial charge >= 0.3 is 0 Å². The van der Waals surface area contributed by atoms with Crippen LogP contribution in [-0.4, -0.2) is 16.6 Å². The van der Waals surface area contributed by atoms with Gasteiger partial charge in [-0.2, -0.15) is 0 Å². The highest BCUT2D eigenvalue weighted by atomic mass is 16.3. The van der Waals surface area contributed by atoms with Crippen LogP contribution in [0.25, 0.3) is 0 Å². The molecule has 0 saturated carbocycles. The lowest BCUT2D eigenvalue weighted by Crippen LogP contribution is -2.29. The van der Waals surface area contributed by atoms with E-state index in [1.54, 1.807) is 6.07 Å². The third kappa shape index (κ3) is 4.30. The van der Waals surface area contributed by atoms with Gasteiger partial charge in [0.2, 0.25) is 0 Å². The maximum Gasteiger partial charge on any atom is 0.138 e. The molecular weight excluding hydrogens is 224 g/mol. The van der Waals surface area contributed by atoms with Gasteiger partial charge in [0.1, 0.15) is 5.75 Å². The van der Waals surface area contributed by atoms with E-state index in [1.165, 1.54) is 0 Å². The van der Waals surface area contributed by atoms with E-state index in [-0.39, 0.29) is 5.75 Å². The van der Waals surface area contributed by atoms with Crippen molar-refractivity contribution in [2.24, 2.45) is 17.8 Å². The number of pyridine rings is 1. The van der Waals surface area contributed by atoms with Crippen molar-refractivity contribution in [1.29, 1.82) is 0 Å². The number of aromatic hydroxyl groups is 1. The minimum absolute atomic E-state index is 0.277. The average Bonchev–Trinajstić information content (AvgIpc) is 2.27. The molecule has 0 atom stereocenters. The van der Waals surface area contributed by atoms with Gasteiger partial charge in [0.05, 0.1) is 5.69 Å². The summed E-state index contributed by atoms with van der Waals surface area (Å²) in [5.41, 5.74) is 1.68. The van der Waals surface area contributed by atoms with Gasteiger partial charge in [0.25, 0.3) is 0 Å². The van der Waals surface area contributed by atoms with Crippen LogP contribution in [0.3, 0.4) is 0 Å². The van der Waals surface area contributed by atoms with Crippen LogP contribution >= 0.6 is 0 Å². The maximum absolute atomic E-state index is 9.72. The zero-order valence-corrected chi connectivity index (χ0v) is 12.2. The van der Waals surface area contributed by atoms with Crippen LogP contribution in [-0.2, 0) is 6.54 Å². The van der Waals surface area contributed by atoms with Crippen molar-refractivity contribution < 1.29 is 5.11 Å². The molecule has 3 nitrogen and oxygen atoms in total. The number of nitrogens with zero attached hydrogens (tertiary/aromatic N) is 1. The van der Waals surface area contributed by atoms with Crippen LogP contribution in [0.2, 0.25) is 0 Å². The van der Waals surface area contributed by atoms with Crippen molar-refractivity contribution in [2.45, 2.75) is 41.2 Å². The highest BCUT2D eigenvalue weighted by Crippen LogP contribution is 2.20.